The second-order valence-corrected chi connectivity index (χ2v) is 8.26. The minimum Gasteiger partial charge on any atom is -0.378 e. The second kappa shape index (κ2) is 6.44. The standard InChI is InChI=1S/C15H22BrNO2S/c1-2-17-14(12-3-4-13(16)20-12)11-5-7-19-15(9-11)6-8-18-10-15/h3-4,11,14,17H,2,5-10H2,1H3. The van der Waals surface area contributed by atoms with Crippen molar-refractivity contribution in [2.24, 2.45) is 5.92 Å². The fraction of sp³-hybridized carbons (Fsp3) is 0.733. The molecule has 2 aliphatic rings. The summed E-state index contributed by atoms with van der Waals surface area (Å²) in [7, 11) is 0. The molecule has 1 spiro atoms. The molecule has 1 aromatic heterocycles. The highest BCUT2D eigenvalue weighted by Crippen LogP contribution is 2.42. The van der Waals surface area contributed by atoms with E-state index in [0.29, 0.717) is 12.0 Å². The van der Waals surface area contributed by atoms with E-state index in [9.17, 15) is 0 Å². The van der Waals surface area contributed by atoms with Gasteiger partial charge in [0.2, 0.25) is 0 Å². The largest absolute Gasteiger partial charge is 0.378 e. The van der Waals surface area contributed by atoms with Crippen molar-refractivity contribution in [1.29, 1.82) is 0 Å². The van der Waals surface area contributed by atoms with E-state index in [0.717, 1.165) is 45.6 Å². The predicted molar refractivity (Wildman–Crippen MR) is 85.3 cm³/mol. The Morgan fingerprint density at radius 2 is 2.40 bits per heavy atom. The third kappa shape index (κ3) is 3.12. The van der Waals surface area contributed by atoms with E-state index in [-0.39, 0.29) is 5.60 Å². The Morgan fingerprint density at radius 3 is 3.05 bits per heavy atom. The topological polar surface area (TPSA) is 30.5 Å². The van der Waals surface area contributed by atoms with E-state index < -0.39 is 0 Å². The molecule has 1 N–H and O–H groups in total. The molecular weight excluding hydrogens is 338 g/mol. The van der Waals surface area contributed by atoms with Crippen LogP contribution in [0.5, 0.6) is 0 Å². The first kappa shape index (κ1) is 15.0. The van der Waals surface area contributed by atoms with Gasteiger partial charge in [0, 0.05) is 30.6 Å². The van der Waals surface area contributed by atoms with E-state index in [1.807, 2.05) is 11.3 Å². The van der Waals surface area contributed by atoms with Gasteiger partial charge in [-0.1, -0.05) is 6.92 Å². The van der Waals surface area contributed by atoms with Gasteiger partial charge in [-0.15, -0.1) is 11.3 Å². The molecule has 3 nitrogen and oxygen atoms in total. The van der Waals surface area contributed by atoms with E-state index in [1.165, 1.54) is 8.66 Å². The lowest BCUT2D eigenvalue weighted by molar-refractivity contribution is -0.103. The van der Waals surface area contributed by atoms with Crippen molar-refractivity contribution in [3.8, 4) is 0 Å². The van der Waals surface area contributed by atoms with Gasteiger partial charge in [0.1, 0.15) is 0 Å². The summed E-state index contributed by atoms with van der Waals surface area (Å²) in [6.45, 7) is 5.67. The van der Waals surface area contributed by atoms with Crippen molar-refractivity contribution >= 4 is 27.3 Å². The molecule has 0 aromatic carbocycles. The summed E-state index contributed by atoms with van der Waals surface area (Å²) in [6.07, 6.45) is 3.30. The normalized spacial score (nSPS) is 31.8. The average molecular weight is 360 g/mol. The molecule has 1 aromatic rings. The first-order valence-corrected chi connectivity index (χ1v) is 9.04. The average Bonchev–Trinajstić information content (AvgIpc) is 3.06. The van der Waals surface area contributed by atoms with Crippen LogP contribution in [0.25, 0.3) is 0 Å². The Hall–Kier alpha value is 0.0600. The molecule has 20 heavy (non-hydrogen) atoms. The highest BCUT2D eigenvalue weighted by molar-refractivity contribution is 9.11. The molecule has 0 amide bonds. The summed E-state index contributed by atoms with van der Waals surface area (Å²) in [5.41, 5.74) is -0.00885. The summed E-state index contributed by atoms with van der Waals surface area (Å²) >= 11 is 5.42. The molecule has 0 aliphatic carbocycles. The van der Waals surface area contributed by atoms with Gasteiger partial charge in [0.25, 0.3) is 0 Å². The van der Waals surface area contributed by atoms with Gasteiger partial charge >= 0.3 is 0 Å². The lowest BCUT2D eigenvalue weighted by Crippen LogP contribution is -2.44. The summed E-state index contributed by atoms with van der Waals surface area (Å²) in [5, 5.41) is 3.68. The van der Waals surface area contributed by atoms with Crippen molar-refractivity contribution < 1.29 is 9.47 Å². The quantitative estimate of drug-likeness (QED) is 0.887. The van der Waals surface area contributed by atoms with Crippen LogP contribution in [-0.4, -0.2) is 32.0 Å². The first-order valence-electron chi connectivity index (χ1n) is 7.43. The molecule has 112 valence electrons. The molecule has 0 radical (unpaired) electrons. The van der Waals surface area contributed by atoms with Gasteiger partial charge in [0.05, 0.1) is 16.0 Å². The Bertz CT molecular complexity index is 445. The predicted octanol–water partition coefficient (Wildman–Crippen LogP) is 3.75. The van der Waals surface area contributed by atoms with E-state index in [4.69, 9.17) is 9.47 Å². The molecule has 3 atom stereocenters. The summed E-state index contributed by atoms with van der Waals surface area (Å²) in [6, 6.07) is 4.84. The molecule has 3 unspecified atom stereocenters. The third-order valence-corrected chi connectivity index (χ3v) is 6.10. The van der Waals surface area contributed by atoms with E-state index >= 15 is 0 Å². The molecule has 0 bridgehead atoms. The zero-order chi connectivity index (χ0) is 14.0. The van der Waals surface area contributed by atoms with Crippen LogP contribution >= 0.6 is 27.3 Å². The summed E-state index contributed by atoms with van der Waals surface area (Å²) in [4.78, 5) is 1.43. The van der Waals surface area contributed by atoms with Gasteiger partial charge < -0.3 is 14.8 Å². The van der Waals surface area contributed by atoms with Crippen LogP contribution in [0.4, 0.5) is 0 Å². The van der Waals surface area contributed by atoms with Crippen LogP contribution in [0.15, 0.2) is 15.9 Å². The molecule has 3 heterocycles. The Morgan fingerprint density at radius 1 is 1.50 bits per heavy atom. The molecule has 2 saturated heterocycles. The zero-order valence-corrected chi connectivity index (χ0v) is 14.3. The Balaban J connectivity index is 1.76. The van der Waals surface area contributed by atoms with Crippen molar-refractivity contribution in [2.75, 3.05) is 26.4 Å². The fourth-order valence-electron chi connectivity index (χ4n) is 3.43. The molecule has 2 fully saturated rings. The highest BCUT2D eigenvalue weighted by Gasteiger charge is 2.43. The van der Waals surface area contributed by atoms with Crippen LogP contribution in [-0.2, 0) is 9.47 Å². The van der Waals surface area contributed by atoms with Crippen molar-refractivity contribution in [1.82, 2.24) is 5.32 Å². The van der Waals surface area contributed by atoms with Crippen LogP contribution in [0.2, 0.25) is 0 Å². The Kier molecular flexibility index (Phi) is 4.82. The van der Waals surface area contributed by atoms with Gasteiger partial charge in [-0.3, -0.25) is 0 Å². The summed E-state index contributed by atoms with van der Waals surface area (Å²) < 4.78 is 12.9. The lowest BCUT2D eigenvalue weighted by Gasteiger charge is -2.40. The Labute approximate surface area is 133 Å². The van der Waals surface area contributed by atoms with E-state index in [2.05, 4.69) is 40.3 Å². The molecular formula is C15H22BrNO2S. The molecule has 5 heteroatoms. The second-order valence-electron chi connectivity index (χ2n) is 5.76. The van der Waals surface area contributed by atoms with Gasteiger partial charge in [-0.2, -0.15) is 0 Å². The van der Waals surface area contributed by atoms with Crippen LogP contribution in [0, 0.1) is 5.92 Å². The number of ether oxygens (including phenoxy) is 2. The number of rotatable bonds is 4. The molecule has 3 rings (SSSR count). The van der Waals surface area contributed by atoms with Crippen LogP contribution in [0.3, 0.4) is 0 Å². The maximum Gasteiger partial charge on any atom is 0.0940 e. The number of hydrogen-bond donors (Lipinski definition) is 1. The minimum absolute atomic E-state index is 0.00885. The highest BCUT2D eigenvalue weighted by atomic mass is 79.9. The lowest BCUT2D eigenvalue weighted by atomic mass is 9.80. The maximum atomic E-state index is 6.07. The van der Waals surface area contributed by atoms with Crippen molar-refractivity contribution in [3.63, 3.8) is 0 Å². The van der Waals surface area contributed by atoms with Crippen LogP contribution in [0.1, 0.15) is 37.1 Å². The van der Waals surface area contributed by atoms with Gasteiger partial charge in [-0.25, -0.2) is 0 Å². The number of nitrogens with one attached hydrogen (secondary N) is 1. The van der Waals surface area contributed by atoms with Crippen molar-refractivity contribution in [3.05, 3.63) is 20.8 Å². The minimum atomic E-state index is -0.00885. The monoisotopic (exact) mass is 359 g/mol. The number of halogens is 1. The molecule has 0 saturated carbocycles. The molecule has 2 aliphatic heterocycles. The fourth-order valence-corrected chi connectivity index (χ4v) is 5.02. The van der Waals surface area contributed by atoms with E-state index in [1.54, 1.807) is 0 Å². The number of thiophene rings is 1. The van der Waals surface area contributed by atoms with Crippen molar-refractivity contribution in [2.45, 2.75) is 37.8 Å². The summed E-state index contributed by atoms with van der Waals surface area (Å²) in [5.74, 6) is 0.635. The zero-order valence-electron chi connectivity index (χ0n) is 11.9. The van der Waals surface area contributed by atoms with Gasteiger partial charge in [-0.05, 0) is 53.4 Å². The smallest absolute Gasteiger partial charge is 0.0940 e. The first-order chi connectivity index (χ1) is 9.72. The third-order valence-electron chi connectivity index (χ3n) is 4.39. The van der Waals surface area contributed by atoms with Gasteiger partial charge in [0.15, 0.2) is 0 Å². The SMILES string of the molecule is CCNC(c1ccc(Br)s1)C1CCOC2(CCOC2)C1. The maximum absolute atomic E-state index is 6.07. The number of hydrogen-bond acceptors (Lipinski definition) is 4. The van der Waals surface area contributed by atoms with Crippen LogP contribution < -0.4 is 5.32 Å².